The minimum absolute atomic E-state index is 0.251. The molecule has 108 valence electrons. The first-order valence-corrected chi connectivity index (χ1v) is 6.64. The number of benzene rings is 1. The third-order valence-electron chi connectivity index (χ3n) is 2.91. The van der Waals surface area contributed by atoms with Crippen molar-refractivity contribution in [1.82, 2.24) is 10.3 Å². The fourth-order valence-electron chi connectivity index (χ4n) is 1.73. The van der Waals surface area contributed by atoms with Crippen LogP contribution in [0.1, 0.15) is 17.3 Å². The monoisotopic (exact) mass is 276 g/mol. The molecule has 0 saturated heterocycles. The second-order valence-corrected chi connectivity index (χ2v) is 4.66. The molecule has 1 aromatic carbocycles. The van der Waals surface area contributed by atoms with Gasteiger partial charge in [-0.1, -0.05) is 18.2 Å². The van der Waals surface area contributed by atoms with Crippen molar-refractivity contribution in [2.45, 2.75) is 26.5 Å². The lowest BCUT2D eigenvalue weighted by Crippen LogP contribution is -2.31. The van der Waals surface area contributed by atoms with Crippen molar-refractivity contribution in [2.75, 3.05) is 13.2 Å². The molecule has 0 amide bonds. The molecule has 1 atom stereocenters. The third-order valence-corrected chi connectivity index (χ3v) is 2.91. The highest BCUT2D eigenvalue weighted by atomic mass is 16.5. The normalized spacial score (nSPS) is 12.3. The van der Waals surface area contributed by atoms with Crippen molar-refractivity contribution < 1.29 is 14.3 Å². The van der Waals surface area contributed by atoms with Crippen LogP contribution in [-0.4, -0.2) is 29.3 Å². The van der Waals surface area contributed by atoms with E-state index >= 15 is 0 Å². The lowest BCUT2D eigenvalue weighted by Gasteiger charge is -2.12. The number of ether oxygens (including phenoxy) is 1. The van der Waals surface area contributed by atoms with Crippen LogP contribution < -0.4 is 10.1 Å². The Morgan fingerprint density at radius 3 is 2.70 bits per heavy atom. The first-order valence-electron chi connectivity index (χ1n) is 6.64. The van der Waals surface area contributed by atoms with E-state index in [2.05, 4.69) is 10.3 Å². The maximum absolute atomic E-state index is 9.81. The van der Waals surface area contributed by atoms with Crippen molar-refractivity contribution in [3.05, 3.63) is 47.7 Å². The van der Waals surface area contributed by atoms with Crippen LogP contribution in [-0.2, 0) is 6.54 Å². The summed E-state index contributed by atoms with van der Waals surface area (Å²) in [6.07, 6.45) is -0.577. The molecular weight excluding hydrogens is 256 g/mol. The Balaban J connectivity index is 1.66. The summed E-state index contributed by atoms with van der Waals surface area (Å²) in [5.74, 6) is 2.22. The van der Waals surface area contributed by atoms with E-state index in [1.165, 1.54) is 0 Å². The zero-order valence-corrected chi connectivity index (χ0v) is 11.8. The van der Waals surface area contributed by atoms with Crippen LogP contribution >= 0.6 is 0 Å². The van der Waals surface area contributed by atoms with E-state index in [-0.39, 0.29) is 6.61 Å². The van der Waals surface area contributed by atoms with Crippen LogP contribution in [0.25, 0.3) is 0 Å². The minimum atomic E-state index is -0.577. The van der Waals surface area contributed by atoms with Crippen molar-refractivity contribution in [1.29, 1.82) is 0 Å². The van der Waals surface area contributed by atoms with Gasteiger partial charge in [0.1, 0.15) is 24.2 Å². The van der Waals surface area contributed by atoms with Crippen molar-refractivity contribution >= 4 is 0 Å². The topological polar surface area (TPSA) is 67.5 Å². The van der Waals surface area contributed by atoms with E-state index in [4.69, 9.17) is 9.15 Å². The van der Waals surface area contributed by atoms with Gasteiger partial charge in [0.05, 0.1) is 12.2 Å². The standard InChI is InChI=1S/C15H20N2O3/c1-11-12(2)20-15(17-11)9-16-8-13(18)10-19-14-6-4-3-5-7-14/h3-7,13,16,18H,8-10H2,1-2H3. The molecule has 0 aliphatic carbocycles. The molecule has 2 rings (SSSR count). The van der Waals surface area contributed by atoms with E-state index in [0.29, 0.717) is 19.0 Å². The Kier molecular flexibility index (Phi) is 5.15. The molecule has 0 saturated carbocycles. The van der Waals surface area contributed by atoms with Crippen molar-refractivity contribution in [3.8, 4) is 5.75 Å². The van der Waals surface area contributed by atoms with Crippen LogP contribution in [0.5, 0.6) is 5.75 Å². The molecule has 1 aromatic heterocycles. The molecule has 0 fully saturated rings. The predicted molar refractivity (Wildman–Crippen MR) is 75.6 cm³/mol. The number of aryl methyl sites for hydroxylation is 2. The molecular formula is C15H20N2O3. The number of para-hydroxylation sites is 1. The lowest BCUT2D eigenvalue weighted by atomic mass is 10.3. The molecule has 1 heterocycles. The summed E-state index contributed by atoms with van der Waals surface area (Å²) in [7, 11) is 0. The van der Waals surface area contributed by atoms with Gasteiger partial charge in [0.25, 0.3) is 0 Å². The first-order chi connectivity index (χ1) is 9.65. The largest absolute Gasteiger partial charge is 0.491 e. The number of aliphatic hydroxyl groups is 1. The Labute approximate surface area is 118 Å². The minimum Gasteiger partial charge on any atom is -0.491 e. The highest BCUT2D eigenvalue weighted by Gasteiger charge is 2.08. The van der Waals surface area contributed by atoms with Crippen molar-refractivity contribution in [2.24, 2.45) is 0 Å². The molecule has 5 heteroatoms. The van der Waals surface area contributed by atoms with Gasteiger partial charge in [0, 0.05) is 6.54 Å². The van der Waals surface area contributed by atoms with E-state index in [1.807, 2.05) is 44.2 Å². The van der Waals surface area contributed by atoms with Gasteiger partial charge in [-0.15, -0.1) is 0 Å². The quantitative estimate of drug-likeness (QED) is 0.807. The Morgan fingerprint density at radius 1 is 1.30 bits per heavy atom. The van der Waals surface area contributed by atoms with Gasteiger partial charge in [-0.2, -0.15) is 0 Å². The fourth-order valence-corrected chi connectivity index (χ4v) is 1.73. The first kappa shape index (κ1) is 14.6. The molecule has 2 aromatic rings. The van der Waals surface area contributed by atoms with Gasteiger partial charge >= 0.3 is 0 Å². The maximum atomic E-state index is 9.81. The van der Waals surface area contributed by atoms with Crippen LogP contribution in [0.3, 0.4) is 0 Å². The number of aliphatic hydroxyl groups excluding tert-OH is 1. The van der Waals surface area contributed by atoms with E-state index < -0.39 is 6.10 Å². The number of nitrogens with zero attached hydrogens (tertiary/aromatic N) is 1. The highest BCUT2D eigenvalue weighted by Crippen LogP contribution is 2.09. The summed E-state index contributed by atoms with van der Waals surface area (Å²) >= 11 is 0. The number of nitrogens with one attached hydrogen (secondary N) is 1. The number of hydrogen-bond donors (Lipinski definition) is 2. The molecule has 2 N–H and O–H groups in total. The number of rotatable bonds is 7. The van der Waals surface area contributed by atoms with Crippen LogP contribution in [0, 0.1) is 13.8 Å². The van der Waals surface area contributed by atoms with Gasteiger partial charge in [0.2, 0.25) is 5.89 Å². The number of hydrogen-bond acceptors (Lipinski definition) is 5. The fraction of sp³-hybridized carbons (Fsp3) is 0.400. The summed E-state index contributed by atoms with van der Waals surface area (Å²) in [4.78, 5) is 4.26. The SMILES string of the molecule is Cc1nc(CNCC(O)COc2ccccc2)oc1C. The van der Waals surface area contributed by atoms with E-state index in [1.54, 1.807) is 0 Å². The van der Waals surface area contributed by atoms with Gasteiger partial charge in [0.15, 0.2) is 0 Å². The molecule has 5 nitrogen and oxygen atoms in total. The molecule has 0 radical (unpaired) electrons. The summed E-state index contributed by atoms with van der Waals surface area (Å²) in [6.45, 7) is 4.96. The van der Waals surface area contributed by atoms with Gasteiger partial charge in [-0.3, -0.25) is 0 Å². The molecule has 0 spiro atoms. The summed E-state index contributed by atoms with van der Waals surface area (Å²) < 4.78 is 10.9. The maximum Gasteiger partial charge on any atom is 0.208 e. The summed E-state index contributed by atoms with van der Waals surface area (Å²) in [5, 5.41) is 12.9. The smallest absolute Gasteiger partial charge is 0.208 e. The Hall–Kier alpha value is -1.85. The molecule has 20 heavy (non-hydrogen) atoms. The summed E-state index contributed by atoms with van der Waals surface area (Å²) in [5.41, 5.74) is 0.898. The van der Waals surface area contributed by atoms with Crippen LogP contribution in [0.2, 0.25) is 0 Å². The number of oxazole rings is 1. The van der Waals surface area contributed by atoms with Crippen LogP contribution in [0.4, 0.5) is 0 Å². The Bertz CT molecular complexity index is 506. The van der Waals surface area contributed by atoms with Crippen LogP contribution in [0.15, 0.2) is 34.7 Å². The molecule has 0 aliphatic heterocycles. The van der Waals surface area contributed by atoms with Crippen molar-refractivity contribution in [3.63, 3.8) is 0 Å². The van der Waals surface area contributed by atoms with E-state index in [0.717, 1.165) is 17.2 Å². The second kappa shape index (κ2) is 7.07. The average molecular weight is 276 g/mol. The average Bonchev–Trinajstić information content (AvgIpc) is 2.76. The zero-order valence-electron chi connectivity index (χ0n) is 11.8. The van der Waals surface area contributed by atoms with Gasteiger partial charge in [-0.25, -0.2) is 4.98 Å². The predicted octanol–water partition coefficient (Wildman–Crippen LogP) is 1.82. The molecule has 0 aliphatic rings. The van der Waals surface area contributed by atoms with Gasteiger partial charge < -0.3 is 19.6 Å². The highest BCUT2D eigenvalue weighted by molar-refractivity contribution is 5.20. The zero-order chi connectivity index (χ0) is 14.4. The molecule has 0 bridgehead atoms. The third kappa shape index (κ3) is 4.36. The molecule has 1 unspecified atom stereocenters. The lowest BCUT2D eigenvalue weighted by molar-refractivity contribution is 0.105. The van der Waals surface area contributed by atoms with E-state index in [9.17, 15) is 5.11 Å². The van der Waals surface area contributed by atoms with Gasteiger partial charge in [-0.05, 0) is 26.0 Å². The number of aromatic nitrogens is 1. The Morgan fingerprint density at radius 2 is 2.05 bits per heavy atom. The second-order valence-electron chi connectivity index (χ2n) is 4.66. The summed E-state index contributed by atoms with van der Waals surface area (Å²) in [6, 6.07) is 9.43.